The highest BCUT2D eigenvalue weighted by Crippen LogP contribution is 2.10. The molecular formula is C27H46N8O5. The van der Waals surface area contributed by atoms with Crippen LogP contribution < -0.4 is 38.9 Å². The molecule has 1 aromatic rings. The number of aliphatic imine (C=N–C) groups is 1. The molecule has 0 heterocycles. The van der Waals surface area contributed by atoms with Crippen LogP contribution in [-0.2, 0) is 25.6 Å². The number of hydrogen-bond donors (Lipinski definition) is 8. The van der Waals surface area contributed by atoms with Gasteiger partial charge in [0, 0.05) is 6.54 Å². The van der Waals surface area contributed by atoms with Crippen LogP contribution in [0, 0.1) is 5.92 Å². The second-order valence-electron chi connectivity index (χ2n) is 10.2. The zero-order valence-electron chi connectivity index (χ0n) is 23.5. The smallest absolute Gasteiger partial charge is 0.326 e. The number of nitrogens with zero attached hydrogens (tertiary/aromatic N) is 1. The molecule has 12 N–H and O–H groups in total. The number of carbonyl (C=O) groups is 4. The van der Waals surface area contributed by atoms with Crippen LogP contribution >= 0.6 is 0 Å². The fourth-order valence-electron chi connectivity index (χ4n) is 4.01. The fourth-order valence-corrected chi connectivity index (χ4v) is 4.01. The quantitative estimate of drug-likeness (QED) is 0.0604. The lowest BCUT2D eigenvalue weighted by atomic mass is 10.0. The van der Waals surface area contributed by atoms with Crippen LogP contribution in [0.15, 0.2) is 35.3 Å². The number of rotatable bonds is 19. The summed E-state index contributed by atoms with van der Waals surface area (Å²) in [7, 11) is 0. The predicted octanol–water partition coefficient (Wildman–Crippen LogP) is -0.676. The Morgan fingerprint density at radius 2 is 1.43 bits per heavy atom. The molecule has 0 spiro atoms. The number of amides is 3. The van der Waals surface area contributed by atoms with Crippen molar-refractivity contribution in [3.05, 3.63) is 35.9 Å². The Balaban J connectivity index is 2.94. The van der Waals surface area contributed by atoms with Crippen molar-refractivity contribution in [1.29, 1.82) is 0 Å². The first kappa shape index (κ1) is 34.3. The molecule has 0 aromatic heterocycles. The molecule has 0 aliphatic heterocycles. The first-order valence-electron chi connectivity index (χ1n) is 13.6. The lowest BCUT2D eigenvalue weighted by Crippen LogP contribution is -2.57. The number of carboxylic acids is 1. The van der Waals surface area contributed by atoms with Crippen molar-refractivity contribution in [2.75, 3.05) is 13.1 Å². The van der Waals surface area contributed by atoms with Gasteiger partial charge in [-0.2, -0.15) is 0 Å². The van der Waals surface area contributed by atoms with Crippen LogP contribution in [0.1, 0.15) is 57.9 Å². The number of guanidine groups is 1. The molecule has 0 saturated heterocycles. The fraction of sp³-hybridized carbons (Fsp3) is 0.593. The minimum absolute atomic E-state index is 0.0486. The van der Waals surface area contributed by atoms with Gasteiger partial charge in [0.25, 0.3) is 0 Å². The van der Waals surface area contributed by atoms with Gasteiger partial charge in [-0.15, -0.1) is 0 Å². The average molecular weight is 563 g/mol. The number of nitrogens with one attached hydrogen (secondary N) is 3. The van der Waals surface area contributed by atoms with Crippen molar-refractivity contribution >= 4 is 29.7 Å². The maximum atomic E-state index is 13.3. The molecule has 3 amide bonds. The molecule has 0 fully saturated rings. The SMILES string of the molecule is CC(C)CC(NC(=O)C(N)Cc1ccccc1)C(=O)NC(CCCCN)C(=O)NC(CCCN=C(N)N)C(=O)O. The second kappa shape index (κ2) is 18.6. The Bertz CT molecular complexity index is 969. The van der Waals surface area contributed by atoms with Gasteiger partial charge < -0.3 is 44.0 Å². The summed E-state index contributed by atoms with van der Waals surface area (Å²) in [5.41, 5.74) is 23.2. The maximum absolute atomic E-state index is 13.3. The van der Waals surface area contributed by atoms with Gasteiger partial charge in [-0.3, -0.25) is 19.4 Å². The first-order chi connectivity index (χ1) is 18.9. The first-order valence-corrected chi connectivity index (χ1v) is 13.6. The average Bonchev–Trinajstić information content (AvgIpc) is 2.89. The van der Waals surface area contributed by atoms with E-state index in [4.69, 9.17) is 22.9 Å². The molecule has 40 heavy (non-hydrogen) atoms. The molecule has 0 aliphatic rings. The van der Waals surface area contributed by atoms with Crippen molar-refractivity contribution in [2.45, 2.75) is 83.0 Å². The van der Waals surface area contributed by atoms with Crippen molar-refractivity contribution in [1.82, 2.24) is 16.0 Å². The number of aliphatic carboxylic acids is 1. The molecule has 0 saturated carbocycles. The third kappa shape index (κ3) is 13.9. The van der Waals surface area contributed by atoms with Crippen molar-refractivity contribution in [2.24, 2.45) is 33.8 Å². The lowest BCUT2D eigenvalue weighted by Gasteiger charge is -2.26. The zero-order chi connectivity index (χ0) is 30.1. The van der Waals surface area contributed by atoms with Gasteiger partial charge in [-0.05, 0) is 63.0 Å². The molecular weight excluding hydrogens is 516 g/mol. The Kier molecular flexibility index (Phi) is 15.9. The Hall–Kier alpha value is -3.71. The summed E-state index contributed by atoms with van der Waals surface area (Å²) in [5.74, 6) is -2.96. The molecule has 13 heteroatoms. The maximum Gasteiger partial charge on any atom is 0.326 e. The van der Waals surface area contributed by atoms with Gasteiger partial charge in [-0.25, -0.2) is 4.79 Å². The normalized spacial score (nSPS) is 13.9. The number of unbranched alkanes of at least 4 members (excludes halogenated alkanes) is 1. The highest BCUT2D eigenvalue weighted by molar-refractivity contribution is 5.94. The summed E-state index contributed by atoms with van der Waals surface area (Å²) in [6.07, 6.45) is 2.41. The molecule has 0 bridgehead atoms. The lowest BCUT2D eigenvalue weighted by molar-refractivity contribution is -0.142. The van der Waals surface area contributed by atoms with Gasteiger partial charge >= 0.3 is 5.97 Å². The van der Waals surface area contributed by atoms with Crippen LogP contribution in [0.25, 0.3) is 0 Å². The summed E-state index contributed by atoms with van der Waals surface area (Å²) in [5, 5.41) is 17.5. The van der Waals surface area contributed by atoms with E-state index < -0.39 is 47.9 Å². The van der Waals surface area contributed by atoms with Gasteiger partial charge in [0.05, 0.1) is 6.04 Å². The highest BCUT2D eigenvalue weighted by Gasteiger charge is 2.30. The predicted molar refractivity (Wildman–Crippen MR) is 154 cm³/mol. The summed E-state index contributed by atoms with van der Waals surface area (Å²) >= 11 is 0. The Morgan fingerprint density at radius 3 is 2.00 bits per heavy atom. The van der Waals surface area contributed by atoms with Crippen molar-refractivity contribution in [3.63, 3.8) is 0 Å². The second-order valence-corrected chi connectivity index (χ2v) is 10.2. The van der Waals surface area contributed by atoms with E-state index in [1.165, 1.54) is 0 Å². The largest absolute Gasteiger partial charge is 0.480 e. The molecule has 13 nitrogen and oxygen atoms in total. The molecule has 0 aliphatic carbocycles. The van der Waals surface area contributed by atoms with Crippen LogP contribution in [0.5, 0.6) is 0 Å². The van der Waals surface area contributed by atoms with E-state index in [1.54, 1.807) is 0 Å². The molecule has 224 valence electrons. The molecule has 4 atom stereocenters. The standard InChI is InChI=1S/C27H46N8O5/c1-17(2)15-22(35-23(36)19(29)16-18-9-4-3-5-10-18)25(38)33-20(11-6-7-13-28)24(37)34-21(26(39)40)12-8-14-32-27(30)31/h3-5,9-10,17,19-22H,6-8,11-16,28-29H2,1-2H3,(H,33,38)(H,34,37)(H,35,36)(H,39,40)(H4,30,31,32). The molecule has 4 unspecified atom stereocenters. The highest BCUT2D eigenvalue weighted by atomic mass is 16.4. The minimum atomic E-state index is -1.22. The van der Waals surface area contributed by atoms with Gasteiger partial charge in [0.2, 0.25) is 17.7 Å². The zero-order valence-corrected chi connectivity index (χ0v) is 23.5. The van der Waals surface area contributed by atoms with Crippen LogP contribution in [0.3, 0.4) is 0 Å². The molecule has 1 rings (SSSR count). The monoisotopic (exact) mass is 562 g/mol. The van der Waals surface area contributed by atoms with Crippen LogP contribution in [0.2, 0.25) is 0 Å². The van der Waals surface area contributed by atoms with E-state index in [-0.39, 0.29) is 31.3 Å². The van der Waals surface area contributed by atoms with E-state index in [2.05, 4.69) is 20.9 Å². The van der Waals surface area contributed by atoms with Crippen molar-refractivity contribution < 1.29 is 24.3 Å². The summed E-state index contributed by atoms with van der Waals surface area (Å²) in [4.78, 5) is 54.9. The van der Waals surface area contributed by atoms with E-state index >= 15 is 0 Å². The van der Waals surface area contributed by atoms with Crippen molar-refractivity contribution in [3.8, 4) is 0 Å². The van der Waals surface area contributed by atoms with Gasteiger partial charge in [-0.1, -0.05) is 44.2 Å². The van der Waals surface area contributed by atoms with E-state index in [1.807, 2.05) is 44.2 Å². The summed E-state index contributed by atoms with van der Waals surface area (Å²) in [6.45, 7) is 4.42. The Morgan fingerprint density at radius 1 is 0.850 bits per heavy atom. The number of carbonyl (C=O) groups excluding carboxylic acids is 3. The number of hydrogen-bond acceptors (Lipinski definition) is 7. The van der Waals surface area contributed by atoms with E-state index in [0.29, 0.717) is 38.6 Å². The number of carboxylic acid groups (broad SMARTS) is 1. The summed E-state index contributed by atoms with van der Waals surface area (Å²) in [6, 6.07) is 5.26. The summed E-state index contributed by atoms with van der Waals surface area (Å²) < 4.78 is 0. The van der Waals surface area contributed by atoms with E-state index in [9.17, 15) is 24.3 Å². The van der Waals surface area contributed by atoms with Crippen LogP contribution in [0.4, 0.5) is 0 Å². The third-order valence-electron chi connectivity index (χ3n) is 6.12. The number of nitrogens with two attached hydrogens (primary N) is 4. The third-order valence-corrected chi connectivity index (χ3v) is 6.12. The molecule has 0 radical (unpaired) electrons. The van der Waals surface area contributed by atoms with Gasteiger partial charge in [0.15, 0.2) is 5.96 Å². The van der Waals surface area contributed by atoms with E-state index in [0.717, 1.165) is 5.56 Å². The topological polar surface area (TPSA) is 241 Å². The van der Waals surface area contributed by atoms with Crippen LogP contribution in [-0.4, -0.2) is 72.0 Å². The van der Waals surface area contributed by atoms with Gasteiger partial charge in [0.1, 0.15) is 18.1 Å². The minimum Gasteiger partial charge on any atom is -0.480 e. The Labute approximate surface area is 235 Å². The number of benzene rings is 1. The molecule has 1 aromatic carbocycles.